The van der Waals surface area contributed by atoms with E-state index in [2.05, 4.69) is 26.7 Å². The molecule has 1 aromatic carbocycles. The van der Waals surface area contributed by atoms with Gasteiger partial charge >= 0.3 is 0 Å². The molecule has 2 aromatic rings. The molecule has 0 amide bonds. The monoisotopic (exact) mass is 398 g/mol. The third-order valence-electron chi connectivity index (χ3n) is 5.09. The van der Waals surface area contributed by atoms with E-state index in [9.17, 15) is 4.39 Å². The van der Waals surface area contributed by atoms with Gasteiger partial charge in [-0.15, -0.1) is 10.2 Å². The number of allylic oxidation sites excluding steroid dienone is 5. The van der Waals surface area contributed by atoms with Crippen LogP contribution in [0.3, 0.4) is 0 Å². The van der Waals surface area contributed by atoms with Gasteiger partial charge in [0.15, 0.2) is 11.5 Å². The number of benzene rings is 1. The Morgan fingerprint density at radius 3 is 2.66 bits per heavy atom. The molecule has 0 bridgehead atoms. The maximum Gasteiger partial charge on any atom is 0.229 e. The topological polar surface area (TPSA) is 61.2 Å². The lowest BCUT2D eigenvalue weighted by Gasteiger charge is -2.27. The molecule has 0 fully saturated rings. The number of ether oxygens (including phenoxy) is 2. The molecule has 6 nitrogen and oxygen atoms in total. The van der Waals surface area contributed by atoms with Crippen LogP contribution in [-0.4, -0.2) is 29.0 Å². The highest BCUT2D eigenvalue weighted by Gasteiger charge is 2.26. The summed E-state index contributed by atoms with van der Waals surface area (Å²) in [6.45, 7) is 7.80. The van der Waals surface area contributed by atoms with Crippen LogP contribution in [0.4, 0.5) is 16.0 Å². The number of hydrogen-bond donors (Lipinski definition) is 1. The van der Waals surface area contributed by atoms with Crippen molar-refractivity contribution in [1.29, 1.82) is 0 Å². The van der Waals surface area contributed by atoms with E-state index in [0.29, 0.717) is 17.4 Å². The Morgan fingerprint density at radius 1 is 1.24 bits per heavy atom. The van der Waals surface area contributed by atoms with Crippen LogP contribution in [0, 0.1) is 6.92 Å². The summed E-state index contributed by atoms with van der Waals surface area (Å²) >= 11 is 0. The number of nitrogens with zero attached hydrogens (tertiary/aromatic N) is 3. The first-order valence-corrected chi connectivity index (χ1v) is 9.60. The molecule has 0 aliphatic carbocycles. The van der Waals surface area contributed by atoms with Crippen LogP contribution in [0.5, 0.6) is 11.5 Å². The molecule has 0 unspecified atom stereocenters. The van der Waals surface area contributed by atoms with Crippen molar-refractivity contribution < 1.29 is 13.9 Å². The smallest absolute Gasteiger partial charge is 0.229 e. The summed E-state index contributed by atoms with van der Waals surface area (Å²) in [6, 6.07) is 3.76. The summed E-state index contributed by atoms with van der Waals surface area (Å²) in [5.41, 5.74) is 2.65. The third kappa shape index (κ3) is 4.34. The van der Waals surface area contributed by atoms with E-state index in [1.807, 2.05) is 19.1 Å². The minimum Gasteiger partial charge on any atom is -0.493 e. The minimum atomic E-state index is -0.287. The fourth-order valence-corrected chi connectivity index (χ4v) is 3.47. The zero-order valence-electron chi connectivity index (χ0n) is 17.3. The van der Waals surface area contributed by atoms with Crippen LogP contribution >= 0.6 is 0 Å². The first-order chi connectivity index (χ1) is 14.0. The van der Waals surface area contributed by atoms with E-state index >= 15 is 0 Å². The molecule has 2 heterocycles. The molecule has 1 aliphatic rings. The van der Waals surface area contributed by atoms with Crippen LogP contribution < -0.4 is 14.8 Å². The van der Waals surface area contributed by atoms with Crippen molar-refractivity contribution in [3.05, 3.63) is 59.7 Å². The maximum atomic E-state index is 13.5. The highest BCUT2D eigenvalue weighted by atomic mass is 19.1. The lowest BCUT2D eigenvalue weighted by Crippen LogP contribution is -2.20. The van der Waals surface area contributed by atoms with E-state index in [1.54, 1.807) is 27.2 Å². The van der Waals surface area contributed by atoms with Crippen molar-refractivity contribution >= 4 is 11.6 Å². The lowest BCUT2D eigenvalue weighted by atomic mass is 9.97. The Hall–Kier alpha value is -3.09. The number of anilines is 2. The Morgan fingerprint density at radius 2 is 1.97 bits per heavy atom. The predicted octanol–water partition coefficient (Wildman–Crippen LogP) is 5.21. The average Bonchev–Trinajstić information content (AvgIpc) is 3.15. The zero-order valence-corrected chi connectivity index (χ0v) is 17.3. The van der Waals surface area contributed by atoms with Crippen molar-refractivity contribution in [3.8, 4) is 11.5 Å². The van der Waals surface area contributed by atoms with E-state index in [0.717, 1.165) is 41.9 Å². The molecular formula is C22H27FN4O2. The Bertz CT molecular complexity index is 962. The second-order valence-corrected chi connectivity index (χ2v) is 6.95. The van der Waals surface area contributed by atoms with Crippen molar-refractivity contribution in [2.24, 2.45) is 0 Å². The van der Waals surface area contributed by atoms with Gasteiger partial charge in [-0.1, -0.05) is 18.7 Å². The second-order valence-electron chi connectivity index (χ2n) is 6.95. The second kappa shape index (κ2) is 8.94. The summed E-state index contributed by atoms with van der Waals surface area (Å²) in [4.78, 5) is 0. The molecule has 1 N–H and O–H groups in total. The minimum absolute atomic E-state index is 0.0300. The van der Waals surface area contributed by atoms with Gasteiger partial charge in [-0.3, -0.25) is 4.57 Å². The van der Waals surface area contributed by atoms with Gasteiger partial charge in [-0.2, -0.15) is 0 Å². The van der Waals surface area contributed by atoms with Gasteiger partial charge in [-0.25, -0.2) is 4.39 Å². The van der Waals surface area contributed by atoms with Crippen LogP contribution in [0.15, 0.2) is 48.3 Å². The zero-order chi connectivity index (χ0) is 21.0. The molecule has 1 atom stereocenters. The molecule has 3 rings (SSSR count). The summed E-state index contributed by atoms with van der Waals surface area (Å²) < 4.78 is 26.3. The number of rotatable bonds is 7. The normalized spacial score (nSPS) is 16.6. The van der Waals surface area contributed by atoms with Gasteiger partial charge in [0, 0.05) is 18.2 Å². The molecule has 29 heavy (non-hydrogen) atoms. The van der Waals surface area contributed by atoms with Gasteiger partial charge in [0.25, 0.3) is 0 Å². The molecule has 1 aliphatic heterocycles. The van der Waals surface area contributed by atoms with Crippen molar-refractivity contribution in [2.45, 2.75) is 39.2 Å². The molecule has 154 valence electrons. The molecular weight excluding hydrogens is 371 g/mol. The number of halogens is 1. The summed E-state index contributed by atoms with van der Waals surface area (Å²) in [6.07, 6.45) is 7.30. The molecule has 0 saturated carbocycles. The number of aromatic nitrogens is 3. The number of methoxy groups -OCH3 is 2. The number of nitrogens with one attached hydrogen (secondary N) is 1. The lowest BCUT2D eigenvalue weighted by molar-refractivity contribution is 0.355. The van der Waals surface area contributed by atoms with E-state index in [4.69, 9.17) is 9.47 Å². The third-order valence-corrected chi connectivity index (χ3v) is 5.09. The number of fused-ring (bicyclic) bond motifs is 1. The van der Waals surface area contributed by atoms with E-state index in [1.165, 1.54) is 12.2 Å². The van der Waals surface area contributed by atoms with Gasteiger partial charge in [0.2, 0.25) is 5.95 Å². The molecule has 1 aromatic heterocycles. The van der Waals surface area contributed by atoms with E-state index in [-0.39, 0.29) is 11.9 Å². The molecule has 0 saturated heterocycles. The van der Waals surface area contributed by atoms with Gasteiger partial charge in [-0.05, 0) is 50.0 Å². The quantitative estimate of drug-likeness (QED) is 0.649. The van der Waals surface area contributed by atoms with Crippen LogP contribution in [0.2, 0.25) is 0 Å². The first kappa shape index (κ1) is 20.6. The first-order valence-electron chi connectivity index (χ1n) is 9.60. The van der Waals surface area contributed by atoms with Crippen molar-refractivity contribution in [1.82, 2.24) is 14.8 Å². The summed E-state index contributed by atoms with van der Waals surface area (Å²) in [5, 5.41) is 12.1. The van der Waals surface area contributed by atoms with Crippen LogP contribution in [0.25, 0.3) is 0 Å². The largest absolute Gasteiger partial charge is 0.493 e. The SMILES string of the molecule is C=C(/C=C\C(F)=C/C)[C@@H]1CCCc2nnc(Nc3cc(OC)c(OC)cc3C)n21. The standard InChI is InChI=1S/C22H27FN4O2/c1-6-16(23)11-10-14(2)18-8-7-9-21-25-26-22(27(18)21)24-17-13-20(29-5)19(28-4)12-15(17)3/h6,10-13,18H,2,7-9H2,1,3-5H3,(H,24,26)/b11-10-,16-6+/t18-/m0/s1. The van der Waals surface area contributed by atoms with Crippen LogP contribution in [-0.2, 0) is 6.42 Å². The number of aryl methyl sites for hydroxylation is 2. The molecule has 0 spiro atoms. The fourth-order valence-electron chi connectivity index (χ4n) is 3.47. The maximum absolute atomic E-state index is 13.5. The highest BCUT2D eigenvalue weighted by Crippen LogP contribution is 2.37. The van der Waals surface area contributed by atoms with Crippen molar-refractivity contribution in [2.75, 3.05) is 19.5 Å². The summed E-state index contributed by atoms with van der Waals surface area (Å²) in [5.74, 6) is 2.53. The van der Waals surface area contributed by atoms with Crippen LogP contribution in [0.1, 0.15) is 37.2 Å². The molecule has 0 radical (unpaired) electrons. The van der Waals surface area contributed by atoms with E-state index < -0.39 is 0 Å². The fraction of sp³-hybridized carbons (Fsp3) is 0.364. The average molecular weight is 398 g/mol. The predicted molar refractivity (Wildman–Crippen MR) is 113 cm³/mol. The Kier molecular flexibility index (Phi) is 6.36. The van der Waals surface area contributed by atoms with Gasteiger partial charge in [0.1, 0.15) is 11.7 Å². The van der Waals surface area contributed by atoms with Gasteiger partial charge in [0.05, 0.1) is 20.3 Å². The Balaban J connectivity index is 1.93. The van der Waals surface area contributed by atoms with Gasteiger partial charge < -0.3 is 14.8 Å². The highest BCUT2D eigenvalue weighted by molar-refractivity contribution is 5.64. The summed E-state index contributed by atoms with van der Waals surface area (Å²) in [7, 11) is 3.21. The number of hydrogen-bond acceptors (Lipinski definition) is 5. The van der Waals surface area contributed by atoms with Crippen molar-refractivity contribution in [3.63, 3.8) is 0 Å². The molecule has 7 heteroatoms. The Labute approximate surface area is 170 Å².